The number of rotatable bonds is 11. The Labute approximate surface area is 219 Å². The summed E-state index contributed by atoms with van der Waals surface area (Å²) in [6.07, 6.45) is 1.88. The van der Waals surface area contributed by atoms with E-state index in [2.05, 4.69) is 28.2 Å². The highest BCUT2D eigenvalue weighted by atomic mass is 79.9. The van der Waals surface area contributed by atoms with Gasteiger partial charge in [-0.1, -0.05) is 89.4 Å². The van der Waals surface area contributed by atoms with Crippen molar-refractivity contribution in [1.29, 1.82) is 0 Å². The lowest BCUT2D eigenvalue weighted by Gasteiger charge is -2.32. The van der Waals surface area contributed by atoms with Crippen LogP contribution in [0.5, 0.6) is 0 Å². The third-order valence-corrected chi connectivity index (χ3v) is 6.58. The summed E-state index contributed by atoms with van der Waals surface area (Å²) in [5.41, 5.74) is 1.91. The van der Waals surface area contributed by atoms with E-state index in [1.165, 1.54) is 12.1 Å². The molecular weight excluding hydrogens is 531 g/mol. The number of carbonyl (C=O) groups is 2. The number of hydrogen-bond donors (Lipinski definition) is 1. The van der Waals surface area contributed by atoms with Crippen LogP contribution in [0.4, 0.5) is 4.39 Å². The van der Waals surface area contributed by atoms with Crippen molar-refractivity contribution >= 4 is 39.3 Å². The number of nitrogens with zero attached hydrogens (tertiary/aromatic N) is 1. The second kappa shape index (κ2) is 13.4. The molecule has 0 aliphatic carbocycles. The Kier molecular flexibility index (Phi) is 10.3. The molecule has 184 valence electrons. The third-order valence-electron chi connectivity index (χ3n) is 5.73. The molecule has 3 rings (SSSR count). The van der Waals surface area contributed by atoms with Crippen LogP contribution in [-0.2, 0) is 29.0 Å². The third kappa shape index (κ3) is 7.91. The van der Waals surface area contributed by atoms with Crippen molar-refractivity contribution in [2.75, 3.05) is 6.54 Å². The highest BCUT2D eigenvalue weighted by molar-refractivity contribution is 9.10. The minimum Gasteiger partial charge on any atom is -0.354 e. The minimum absolute atomic E-state index is 0.128. The minimum atomic E-state index is -0.772. The number of carbonyl (C=O) groups excluding carboxylic acids is 2. The molecule has 0 saturated carbocycles. The molecule has 0 unspecified atom stereocenters. The van der Waals surface area contributed by atoms with Gasteiger partial charge in [-0.3, -0.25) is 9.59 Å². The lowest BCUT2D eigenvalue weighted by atomic mass is 10.0. The van der Waals surface area contributed by atoms with Crippen LogP contribution in [0.25, 0.3) is 0 Å². The van der Waals surface area contributed by atoms with Crippen molar-refractivity contribution in [3.63, 3.8) is 0 Å². The van der Waals surface area contributed by atoms with Gasteiger partial charge in [-0.05, 0) is 41.8 Å². The maximum atomic E-state index is 14.5. The zero-order valence-electron chi connectivity index (χ0n) is 19.6. The van der Waals surface area contributed by atoms with Crippen molar-refractivity contribution in [1.82, 2.24) is 10.2 Å². The Bertz CT molecular complexity index is 1120. The summed E-state index contributed by atoms with van der Waals surface area (Å²) in [7, 11) is 0. The summed E-state index contributed by atoms with van der Waals surface area (Å²) in [5.74, 6) is -1.14. The molecule has 0 radical (unpaired) electrons. The van der Waals surface area contributed by atoms with Crippen LogP contribution in [0, 0.1) is 5.82 Å². The molecule has 0 aliphatic heterocycles. The van der Waals surface area contributed by atoms with E-state index in [1.54, 1.807) is 11.0 Å². The number of benzene rings is 3. The number of hydrogen-bond acceptors (Lipinski definition) is 2. The molecular formula is C28H29BrClFN2O2. The molecule has 1 N–H and O–H groups in total. The zero-order chi connectivity index (χ0) is 25.2. The van der Waals surface area contributed by atoms with E-state index in [-0.39, 0.29) is 35.4 Å². The fourth-order valence-electron chi connectivity index (χ4n) is 3.85. The molecule has 4 nitrogen and oxygen atoms in total. The van der Waals surface area contributed by atoms with Crippen LogP contribution in [0.1, 0.15) is 36.5 Å². The van der Waals surface area contributed by atoms with Crippen LogP contribution < -0.4 is 5.32 Å². The summed E-state index contributed by atoms with van der Waals surface area (Å²) in [6.45, 7) is 2.77. The Morgan fingerprint density at radius 2 is 1.74 bits per heavy atom. The summed E-state index contributed by atoms with van der Waals surface area (Å²) >= 11 is 9.69. The highest BCUT2D eigenvalue weighted by Crippen LogP contribution is 2.23. The highest BCUT2D eigenvalue weighted by Gasteiger charge is 2.31. The van der Waals surface area contributed by atoms with Crippen molar-refractivity contribution in [3.05, 3.63) is 105 Å². The second-order valence-corrected chi connectivity index (χ2v) is 9.70. The molecule has 0 spiro atoms. The average Bonchev–Trinajstić information content (AvgIpc) is 2.84. The monoisotopic (exact) mass is 558 g/mol. The Morgan fingerprint density at radius 3 is 2.43 bits per heavy atom. The average molecular weight is 560 g/mol. The van der Waals surface area contributed by atoms with E-state index in [4.69, 9.17) is 11.6 Å². The van der Waals surface area contributed by atoms with Gasteiger partial charge in [0.05, 0.1) is 6.42 Å². The second-order valence-electron chi connectivity index (χ2n) is 8.38. The molecule has 0 saturated heterocycles. The molecule has 1 atom stereocenters. The van der Waals surface area contributed by atoms with E-state index >= 15 is 0 Å². The summed E-state index contributed by atoms with van der Waals surface area (Å²) < 4.78 is 15.4. The van der Waals surface area contributed by atoms with E-state index in [9.17, 15) is 14.0 Å². The zero-order valence-corrected chi connectivity index (χ0v) is 22.0. The van der Waals surface area contributed by atoms with Gasteiger partial charge in [0.1, 0.15) is 11.9 Å². The standard InChI is InChI=1S/C28H29BrClFN2O2/c1-2-3-15-32-28(35)26(17-20-9-5-4-6-10-20)33(19-21-11-7-12-22(29)16-21)27(34)18-23-24(30)13-8-14-25(23)31/h4-14,16,26H,2-3,15,17-19H2,1H3,(H,32,35)/t26-/m0/s1. The van der Waals surface area contributed by atoms with Crippen LogP contribution in [0.15, 0.2) is 77.3 Å². The van der Waals surface area contributed by atoms with Gasteiger partial charge in [0, 0.05) is 34.6 Å². The number of unbranched alkanes of at least 4 members (excludes halogenated alkanes) is 1. The topological polar surface area (TPSA) is 49.4 Å². The summed E-state index contributed by atoms with van der Waals surface area (Å²) in [4.78, 5) is 28.6. The smallest absolute Gasteiger partial charge is 0.243 e. The first-order valence-electron chi connectivity index (χ1n) is 11.7. The fraction of sp³-hybridized carbons (Fsp3) is 0.286. The molecule has 0 fully saturated rings. The molecule has 7 heteroatoms. The lowest BCUT2D eigenvalue weighted by molar-refractivity contribution is -0.140. The first kappa shape index (κ1) is 26.9. The first-order valence-corrected chi connectivity index (χ1v) is 12.8. The Balaban J connectivity index is 1.98. The van der Waals surface area contributed by atoms with Gasteiger partial charge in [-0.2, -0.15) is 0 Å². The van der Waals surface area contributed by atoms with Crippen LogP contribution in [0.3, 0.4) is 0 Å². The van der Waals surface area contributed by atoms with Crippen LogP contribution in [-0.4, -0.2) is 29.3 Å². The fourth-order valence-corrected chi connectivity index (χ4v) is 4.52. The van der Waals surface area contributed by atoms with Crippen LogP contribution >= 0.6 is 27.5 Å². The summed E-state index contributed by atoms with van der Waals surface area (Å²) in [6, 6.07) is 20.7. The molecule has 35 heavy (non-hydrogen) atoms. The summed E-state index contributed by atoms with van der Waals surface area (Å²) in [5, 5.41) is 3.17. The molecule has 3 aromatic carbocycles. The Morgan fingerprint density at radius 1 is 1.03 bits per heavy atom. The molecule has 0 aliphatic rings. The SMILES string of the molecule is CCCCNC(=O)[C@H](Cc1ccccc1)N(Cc1cccc(Br)c1)C(=O)Cc1c(F)cccc1Cl. The quantitative estimate of drug-likeness (QED) is 0.279. The number of halogens is 3. The predicted octanol–water partition coefficient (Wildman–Crippen LogP) is 6.34. The van der Waals surface area contributed by atoms with Gasteiger partial charge in [-0.25, -0.2) is 4.39 Å². The van der Waals surface area contributed by atoms with E-state index < -0.39 is 11.9 Å². The van der Waals surface area contributed by atoms with Crippen molar-refractivity contribution in [3.8, 4) is 0 Å². The maximum Gasteiger partial charge on any atom is 0.243 e. The molecule has 0 bridgehead atoms. The van der Waals surface area contributed by atoms with Gasteiger partial charge in [0.25, 0.3) is 0 Å². The molecule has 3 aromatic rings. The molecule has 2 amide bonds. The maximum absolute atomic E-state index is 14.5. The van der Waals surface area contributed by atoms with E-state index in [0.29, 0.717) is 13.0 Å². The van der Waals surface area contributed by atoms with Gasteiger partial charge in [0.15, 0.2) is 0 Å². The Hall–Kier alpha value is -2.70. The lowest BCUT2D eigenvalue weighted by Crippen LogP contribution is -2.51. The first-order chi connectivity index (χ1) is 16.9. The van der Waals surface area contributed by atoms with Gasteiger partial charge in [0.2, 0.25) is 11.8 Å². The van der Waals surface area contributed by atoms with Gasteiger partial charge in [-0.15, -0.1) is 0 Å². The number of nitrogens with one attached hydrogen (secondary N) is 1. The van der Waals surface area contributed by atoms with E-state index in [0.717, 1.165) is 28.4 Å². The normalized spacial score (nSPS) is 11.7. The largest absolute Gasteiger partial charge is 0.354 e. The van der Waals surface area contributed by atoms with Gasteiger partial charge < -0.3 is 10.2 Å². The van der Waals surface area contributed by atoms with Gasteiger partial charge >= 0.3 is 0 Å². The van der Waals surface area contributed by atoms with Crippen molar-refractivity contribution in [2.24, 2.45) is 0 Å². The van der Waals surface area contributed by atoms with Crippen molar-refractivity contribution in [2.45, 2.75) is 45.2 Å². The predicted molar refractivity (Wildman–Crippen MR) is 142 cm³/mol. The van der Waals surface area contributed by atoms with Crippen molar-refractivity contribution < 1.29 is 14.0 Å². The molecule has 0 heterocycles. The van der Waals surface area contributed by atoms with Crippen LogP contribution in [0.2, 0.25) is 5.02 Å². The van der Waals surface area contributed by atoms with E-state index in [1.807, 2.05) is 54.6 Å². The number of amides is 2. The molecule has 0 aromatic heterocycles.